The molecule has 0 radical (unpaired) electrons. The number of hydrogen-bond donors (Lipinski definition) is 2. The van der Waals surface area contributed by atoms with Gasteiger partial charge in [-0.25, -0.2) is 0 Å². The molecule has 0 aliphatic heterocycles. The monoisotopic (exact) mass is 284 g/mol. The lowest BCUT2D eigenvalue weighted by Crippen LogP contribution is -2.30. The van der Waals surface area contributed by atoms with Crippen molar-refractivity contribution in [3.63, 3.8) is 0 Å². The van der Waals surface area contributed by atoms with Gasteiger partial charge in [0.25, 0.3) is 11.8 Å². The summed E-state index contributed by atoms with van der Waals surface area (Å²) in [6.45, 7) is 1.61. The summed E-state index contributed by atoms with van der Waals surface area (Å²) in [4.78, 5) is 23.4. The molecule has 2 amide bonds. The Hall–Kier alpha value is -2.82. The van der Waals surface area contributed by atoms with Gasteiger partial charge in [0.1, 0.15) is 5.75 Å². The van der Waals surface area contributed by atoms with Gasteiger partial charge < -0.3 is 15.8 Å². The van der Waals surface area contributed by atoms with Crippen LogP contribution in [0.3, 0.4) is 0 Å². The van der Waals surface area contributed by atoms with Gasteiger partial charge in [0, 0.05) is 5.69 Å². The summed E-state index contributed by atoms with van der Waals surface area (Å²) < 4.78 is 5.53. The highest BCUT2D eigenvalue weighted by Crippen LogP contribution is 2.19. The third kappa shape index (κ3) is 3.82. The van der Waals surface area contributed by atoms with Crippen LogP contribution in [0.2, 0.25) is 0 Å². The number of amides is 2. The lowest BCUT2D eigenvalue weighted by Gasteiger charge is -2.16. The summed E-state index contributed by atoms with van der Waals surface area (Å²) in [5, 5.41) is 2.73. The third-order valence-electron chi connectivity index (χ3n) is 2.87. The van der Waals surface area contributed by atoms with Crippen molar-refractivity contribution >= 4 is 17.5 Å². The number of anilines is 1. The molecule has 0 unspecified atom stereocenters. The molecule has 2 aromatic carbocycles. The molecule has 5 heteroatoms. The van der Waals surface area contributed by atoms with Gasteiger partial charge in [-0.2, -0.15) is 0 Å². The summed E-state index contributed by atoms with van der Waals surface area (Å²) >= 11 is 0. The van der Waals surface area contributed by atoms with Gasteiger partial charge in [0.15, 0.2) is 6.10 Å². The summed E-state index contributed by atoms with van der Waals surface area (Å²) in [6.07, 6.45) is -0.759. The fraction of sp³-hybridized carbons (Fsp3) is 0.125. The molecule has 1 atom stereocenters. The molecular formula is C16H16N2O3. The second-order valence-corrected chi connectivity index (χ2v) is 4.48. The molecule has 2 rings (SSSR count). The normalized spacial score (nSPS) is 11.5. The molecule has 0 spiro atoms. The lowest BCUT2D eigenvalue weighted by molar-refractivity contribution is -0.122. The average Bonchev–Trinajstić information content (AvgIpc) is 2.48. The second kappa shape index (κ2) is 6.56. The minimum Gasteiger partial charge on any atom is -0.480 e. The number of para-hydroxylation sites is 2. The Morgan fingerprint density at radius 3 is 2.33 bits per heavy atom. The SMILES string of the molecule is C[C@@H](Oc1ccccc1C(N)=O)C(=O)Nc1ccccc1. The van der Waals surface area contributed by atoms with Crippen LogP contribution in [-0.2, 0) is 4.79 Å². The van der Waals surface area contributed by atoms with Crippen molar-refractivity contribution < 1.29 is 14.3 Å². The summed E-state index contributed by atoms with van der Waals surface area (Å²) in [5.41, 5.74) is 6.20. The van der Waals surface area contributed by atoms with Crippen LogP contribution in [0.25, 0.3) is 0 Å². The van der Waals surface area contributed by atoms with Gasteiger partial charge in [0.05, 0.1) is 5.56 Å². The Bertz CT molecular complexity index is 641. The predicted molar refractivity (Wildman–Crippen MR) is 80.1 cm³/mol. The zero-order chi connectivity index (χ0) is 15.2. The van der Waals surface area contributed by atoms with E-state index in [1.54, 1.807) is 43.3 Å². The summed E-state index contributed by atoms with van der Waals surface area (Å²) in [7, 11) is 0. The number of nitrogens with one attached hydrogen (secondary N) is 1. The maximum Gasteiger partial charge on any atom is 0.265 e. The number of carbonyl (C=O) groups excluding carboxylic acids is 2. The largest absolute Gasteiger partial charge is 0.480 e. The highest BCUT2D eigenvalue weighted by atomic mass is 16.5. The molecule has 0 bridgehead atoms. The first-order chi connectivity index (χ1) is 10.1. The van der Waals surface area contributed by atoms with Gasteiger partial charge in [0.2, 0.25) is 0 Å². The zero-order valence-electron chi connectivity index (χ0n) is 11.6. The second-order valence-electron chi connectivity index (χ2n) is 4.48. The van der Waals surface area contributed by atoms with E-state index in [2.05, 4.69) is 5.32 Å². The average molecular weight is 284 g/mol. The molecule has 0 heterocycles. The van der Waals surface area contributed by atoms with Gasteiger partial charge in [-0.05, 0) is 31.2 Å². The summed E-state index contributed by atoms with van der Waals surface area (Å²) in [6, 6.07) is 15.6. The Kier molecular flexibility index (Phi) is 4.56. The van der Waals surface area contributed by atoms with Crippen LogP contribution in [0.1, 0.15) is 17.3 Å². The molecule has 5 nitrogen and oxygen atoms in total. The number of hydrogen-bond acceptors (Lipinski definition) is 3. The number of primary amides is 1. The van der Waals surface area contributed by atoms with E-state index in [0.717, 1.165) is 0 Å². The van der Waals surface area contributed by atoms with E-state index in [1.807, 2.05) is 18.2 Å². The molecule has 2 aromatic rings. The van der Waals surface area contributed by atoms with Crippen LogP contribution in [0.5, 0.6) is 5.75 Å². The smallest absolute Gasteiger partial charge is 0.265 e. The Morgan fingerprint density at radius 2 is 1.67 bits per heavy atom. The van der Waals surface area contributed by atoms with Gasteiger partial charge in [-0.1, -0.05) is 30.3 Å². The highest BCUT2D eigenvalue weighted by Gasteiger charge is 2.17. The molecule has 3 N–H and O–H groups in total. The predicted octanol–water partition coefficient (Wildman–Crippen LogP) is 2.19. The van der Waals surface area contributed by atoms with E-state index in [0.29, 0.717) is 11.4 Å². The molecule has 0 saturated carbocycles. The highest BCUT2D eigenvalue weighted by molar-refractivity contribution is 5.96. The van der Waals surface area contributed by atoms with Crippen LogP contribution >= 0.6 is 0 Å². The number of benzene rings is 2. The number of rotatable bonds is 5. The van der Waals surface area contributed by atoms with Crippen LogP contribution < -0.4 is 15.8 Å². The van der Waals surface area contributed by atoms with E-state index in [-0.39, 0.29) is 11.5 Å². The van der Waals surface area contributed by atoms with E-state index < -0.39 is 12.0 Å². The quantitative estimate of drug-likeness (QED) is 0.883. The Labute approximate surface area is 122 Å². The first kappa shape index (κ1) is 14.6. The van der Waals surface area contributed by atoms with Gasteiger partial charge >= 0.3 is 0 Å². The van der Waals surface area contributed by atoms with Crippen molar-refractivity contribution in [1.82, 2.24) is 0 Å². The topological polar surface area (TPSA) is 81.4 Å². The Balaban J connectivity index is 2.06. The first-order valence-corrected chi connectivity index (χ1v) is 6.49. The van der Waals surface area contributed by atoms with E-state index >= 15 is 0 Å². The molecule has 0 aliphatic rings. The van der Waals surface area contributed by atoms with Crippen molar-refractivity contribution in [2.24, 2.45) is 5.73 Å². The molecule has 0 aliphatic carbocycles. The minimum absolute atomic E-state index is 0.247. The third-order valence-corrected chi connectivity index (χ3v) is 2.87. The van der Waals surface area contributed by atoms with Crippen molar-refractivity contribution in [2.45, 2.75) is 13.0 Å². The zero-order valence-corrected chi connectivity index (χ0v) is 11.6. The van der Waals surface area contributed by atoms with Crippen molar-refractivity contribution in [2.75, 3.05) is 5.32 Å². The number of nitrogens with two attached hydrogens (primary N) is 1. The molecule has 21 heavy (non-hydrogen) atoms. The number of ether oxygens (including phenoxy) is 1. The molecule has 108 valence electrons. The fourth-order valence-corrected chi connectivity index (χ4v) is 1.78. The van der Waals surface area contributed by atoms with Crippen LogP contribution in [0, 0.1) is 0 Å². The molecule has 0 aromatic heterocycles. The van der Waals surface area contributed by atoms with Crippen LogP contribution in [0.4, 0.5) is 5.69 Å². The molecule has 0 saturated heterocycles. The van der Waals surface area contributed by atoms with E-state index in [4.69, 9.17) is 10.5 Å². The maximum absolute atomic E-state index is 12.0. The minimum atomic E-state index is -0.759. The van der Waals surface area contributed by atoms with Crippen LogP contribution in [0.15, 0.2) is 54.6 Å². The number of carbonyl (C=O) groups is 2. The standard InChI is InChI=1S/C16H16N2O3/c1-11(16(20)18-12-7-3-2-4-8-12)21-14-10-6-5-9-13(14)15(17)19/h2-11H,1H3,(H2,17,19)(H,18,20)/t11-/m1/s1. The van der Waals surface area contributed by atoms with E-state index in [1.165, 1.54) is 0 Å². The molecular weight excluding hydrogens is 268 g/mol. The fourth-order valence-electron chi connectivity index (χ4n) is 1.78. The lowest BCUT2D eigenvalue weighted by atomic mass is 10.2. The molecule has 0 fully saturated rings. The summed E-state index contributed by atoms with van der Waals surface area (Å²) in [5.74, 6) is -0.609. The first-order valence-electron chi connectivity index (χ1n) is 6.49. The van der Waals surface area contributed by atoms with Gasteiger partial charge in [-0.15, -0.1) is 0 Å². The van der Waals surface area contributed by atoms with Crippen molar-refractivity contribution in [3.05, 3.63) is 60.2 Å². The van der Waals surface area contributed by atoms with Gasteiger partial charge in [-0.3, -0.25) is 9.59 Å². The van der Waals surface area contributed by atoms with E-state index in [9.17, 15) is 9.59 Å². The van der Waals surface area contributed by atoms with Crippen molar-refractivity contribution in [1.29, 1.82) is 0 Å². The van der Waals surface area contributed by atoms with Crippen LogP contribution in [-0.4, -0.2) is 17.9 Å². The maximum atomic E-state index is 12.0. The van der Waals surface area contributed by atoms with Crippen molar-refractivity contribution in [3.8, 4) is 5.75 Å². The Morgan fingerprint density at radius 1 is 1.05 bits per heavy atom.